The van der Waals surface area contributed by atoms with Gasteiger partial charge in [-0.1, -0.05) is 28.1 Å². The lowest BCUT2D eigenvalue weighted by atomic mass is 10.0. The number of hydrogen-bond donors (Lipinski definition) is 1. The number of nitrogens with zero attached hydrogens (tertiary/aromatic N) is 1. The molecule has 1 amide bonds. The maximum Gasteiger partial charge on any atom is 0.408 e. The Labute approximate surface area is 135 Å². The number of benzene rings is 1. The highest BCUT2D eigenvalue weighted by atomic mass is 79.9. The van der Waals surface area contributed by atoms with E-state index in [-0.39, 0.29) is 12.1 Å². The summed E-state index contributed by atoms with van der Waals surface area (Å²) in [6.07, 6.45) is 0.871. The Bertz CT molecular complexity index is 478. The molecular formula is C16H23BrN2O2. The number of carbonyl (C=O) groups excluding carboxylic acids is 1. The molecule has 0 radical (unpaired) electrons. The second-order valence-electron chi connectivity index (χ2n) is 6.40. The van der Waals surface area contributed by atoms with Crippen LogP contribution < -0.4 is 5.32 Å². The van der Waals surface area contributed by atoms with Crippen LogP contribution in [0.2, 0.25) is 0 Å². The molecule has 0 spiro atoms. The monoisotopic (exact) mass is 354 g/mol. The van der Waals surface area contributed by atoms with Gasteiger partial charge in [0.05, 0.1) is 6.04 Å². The summed E-state index contributed by atoms with van der Waals surface area (Å²) < 4.78 is 6.40. The summed E-state index contributed by atoms with van der Waals surface area (Å²) in [7, 11) is 0. The fourth-order valence-corrected chi connectivity index (χ4v) is 2.47. The summed E-state index contributed by atoms with van der Waals surface area (Å²) in [4.78, 5) is 14.4. The highest BCUT2D eigenvalue weighted by Crippen LogP contribution is 2.21. The molecular weight excluding hydrogens is 332 g/mol. The van der Waals surface area contributed by atoms with Crippen LogP contribution in [0.5, 0.6) is 0 Å². The number of hydrogen-bond acceptors (Lipinski definition) is 3. The van der Waals surface area contributed by atoms with Crippen LogP contribution in [0.3, 0.4) is 0 Å². The summed E-state index contributed by atoms with van der Waals surface area (Å²) in [5.74, 6) is 0. The predicted octanol–water partition coefficient (Wildman–Crippen LogP) is 3.72. The van der Waals surface area contributed by atoms with E-state index in [4.69, 9.17) is 4.74 Å². The molecule has 1 aliphatic heterocycles. The SMILES string of the molecule is CC(C)(C)OC(=O)N[C@H](CN1CCC1)c1ccc(Br)cc1. The van der Waals surface area contributed by atoms with Crippen molar-refractivity contribution >= 4 is 22.0 Å². The Morgan fingerprint density at radius 1 is 1.33 bits per heavy atom. The van der Waals surface area contributed by atoms with Crippen LogP contribution in [0, 0.1) is 0 Å². The molecule has 1 heterocycles. The molecule has 1 saturated heterocycles. The van der Waals surface area contributed by atoms with Gasteiger partial charge in [0.1, 0.15) is 5.60 Å². The van der Waals surface area contributed by atoms with Crippen LogP contribution in [0.1, 0.15) is 38.8 Å². The van der Waals surface area contributed by atoms with Crippen molar-refractivity contribution in [3.05, 3.63) is 34.3 Å². The molecule has 4 nitrogen and oxygen atoms in total. The summed E-state index contributed by atoms with van der Waals surface area (Å²) >= 11 is 3.44. The third-order valence-electron chi connectivity index (χ3n) is 3.35. The van der Waals surface area contributed by atoms with Crippen LogP contribution in [0.4, 0.5) is 4.79 Å². The van der Waals surface area contributed by atoms with Crippen molar-refractivity contribution in [1.29, 1.82) is 0 Å². The van der Waals surface area contributed by atoms with E-state index in [0.29, 0.717) is 0 Å². The summed E-state index contributed by atoms with van der Waals surface area (Å²) in [5, 5.41) is 2.99. The number of rotatable bonds is 4. The van der Waals surface area contributed by atoms with E-state index in [0.717, 1.165) is 29.7 Å². The van der Waals surface area contributed by atoms with Gasteiger partial charge < -0.3 is 15.0 Å². The molecule has 1 aromatic rings. The van der Waals surface area contributed by atoms with Crippen molar-refractivity contribution in [3.8, 4) is 0 Å². The fourth-order valence-electron chi connectivity index (χ4n) is 2.20. The van der Waals surface area contributed by atoms with E-state index in [9.17, 15) is 4.79 Å². The Kier molecular flexibility index (Phi) is 5.27. The molecule has 1 atom stereocenters. The standard InChI is InChI=1S/C16H23BrN2O2/c1-16(2,3)21-15(20)18-14(11-19-9-4-10-19)12-5-7-13(17)8-6-12/h5-8,14H,4,9-11H2,1-3H3,(H,18,20)/t14-/m1/s1. The van der Waals surface area contributed by atoms with Crippen LogP contribution in [-0.2, 0) is 4.74 Å². The van der Waals surface area contributed by atoms with Crippen molar-refractivity contribution in [3.63, 3.8) is 0 Å². The Hall–Kier alpha value is -1.07. The van der Waals surface area contributed by atoms with Crippen LogP contribution in [0.25, 0.3) is 0 Å². The first-order valence-corrected chi connectivity index (χ1v) is 8.10. The third kappa shape index (κ3) is 5.32. The molecule has 0 aliphatic carbocycles. The fraction of sp³-hybridized carbons (Fsp3) is 0.562. The molecule has 2 rings (SSSR count). The molecule has 1 aliphatic rings. The molecule has 116 valence electrons. The Morgan fingerprint density at radius 2 is 1.95 bits per heavy atom. The lowest BCUT2D eigenvalue weighted by Crippen LogP contribution is -2.45. The lowest BCUT2D eigenvalue weighted by molar-refractivity contribution is 0.0479. The number of likely N-dealkylation sites (tertiary alicyclic amines) is 1. The predicted molar refractivity (Wildman–Crippen MR) is 87.3 cm³/mol. The van der Waals surface area contributed by atoms with Crippen molar-refractivity contribution in [2.75, 3.05) is 19.6 Å². The van der Waals surface area contributed by atoms with E-state index in [1.165, 1.54) is 6.42 Å². The van der Waals surface area contributed by atoms with Gasteiger partial charge in [-0.05, 0) is 58.0 Å². The van der Waals surface area contributed by atoms with E-state index < -0.39 is 5.60 Å². The number of nitrogens with one attached hydrogen (secondary N) is 1. The minimum absolute atomic E-state index is 0.0479. The number of halogens is 1. The Balaban J connectivity index is 2.04. The quantitative estimate of drug-likeness (QED) is 0.895. The first-order valence-electron chi connectivity index (χ1n) is 7.31. The van der Waals surface area contributed by atoms with Crippen molar-refractivity contribution in [2.45, 2.75) is 38.8 Å². The summed E-state index contributed by atoms with van der Waals surface area (Å²) in [6, 6.07) is 8.01. The maximum atomic E-state index is 12.0. The van der Waals surface area contributed by atoms with Crippen molar-refractivity contribution < 1.29 is 9.53 Å². The van der Waals surface area contributed by atoms with Crippen LogP contribution >= 0.6 is 15.9 Å². The minimum Gasteiger partial charge on any atom is -0.444 e. The van der Waals surface area contributed by atoms with Crippen LogP contribution in [-0.4, -0.2) is 36.2 Å². The van der Waals surface area contributed by atoms with Crippen LogP contribution in [0.15, 0.2) is 28.7 Å². The molecule has 1 fully saturated rings. The number of amides is 1. The first kappa shape index (κ1) is 16.3. The molecule has 0 saturated carbocycles. The second kappa shape index (κ2) is 6.79. The molecule has 0 unspecified atom stereocenters. The van der Waals surface area contributed by atoms with E-state index >= 15 is 0 Å². The molecule has 21 heavy (non-hydrogen) atoms. The van der Waals surface area contributed by atoms with Gasteiger partial charge in [-0.2, -0.15) is 0 Å². The van der Waals surface area contributed by atoms with Gasteiger partial charge in [-0.25, -0.2) is 4.79 Å². The summed E-state index contributed by atoms with van der Waals surface area (Å²) in [5.41, 5.74) is 0.612. The number of ether oxygens (including phenoxy) is 1. The van der Waals surface area contributed by atoms with Gasteiger partial charge in [-0.15, -0.1) is 0 Å². The van der Waals surface area contributed by atoms with Gasteiger partial charge in [0.2, 0.25) is 0 Å². The van der Waals surface area contributed by atoms with Gasteiger partial charge in [0.25, 0.3) is 0 Å². The zero-order valence-corrected chi connectivity index (χ0v) is 14.4. The van der Waals surface area contributed by atoms with E-state index in [2.05, 4.69) is 26.1 Å². The zero-order valence-electron chi connectivity index (χ0n) is 12.9. The van der Waals surface area contributed by atoms with E-state index in [1.807, 2.05) is 45.0 Å². The lowest BCUT2D eigenvalue weighted by Gasteiger charge is -2.34. The topological polar surface area (TPSA) is 41.6 Å². The molecule has 0 bridgehead atoms. The molecule has 5 heteroatoms. The normalized spacial score (nSPS) is 17.0. The van der Waals surface area contributed by atoms with Gasteiger partial charge >= 0.3 is 6.09 Å². The van der Waals surface area contributed by atoms with Gasteiger partial charge in [0, 0.05) is 11.0 Å². The second-order valence-corrected chi connectivity index (χ2v) is 7.32. The van der Waals surface area contributed by atoms with E-state index in [1.54, 1.807) is 0 Å². The largest absolute Gasteiger partial charge is 0.444 e. The zero-order chi connectivity index (χ0) is 15.5. The average molecular weight is 355 g/mol. The van der Waals surface area contributed by atoms with Gasteiger partial charge in [0.15, 0.2) is 0 Å². The molecule has 1 N–H and O–H groups in total. The third-order valence-corrected chi connectivity index (χ3v) is 3.88. The molecule has 1 aromatic carbocycles. The summed E-state index contributed by atoms with van der Waals surface area (Å²) in [6.45, 7) is 8.64. The van der Waals surface area contributed by atoms with Crippen molar-refractivity contribution in [2.24, 2.45) is 0 Å². The highest BCUT2D eigenvalue weighted by Gasteiger charge is 2.24. The molecule has 0 aromatic heterocycles. The highest BCUT2D eigenvalue weighted by molar-refractivity contribution is 9.10. The first-order chi connectivity index (χ1) is 9.83. The maximum absolute atomic E-state index is 12.0. The smallest absolute Gasteiger partial charge is 0.408 e. The average Bonchev–Trinajstić information content (AvgIpc) is 2.31. The van der Waals surface area contributed by atoms with Crippen molar-refractivity contribution in [1.82, 2.24) is 10.2 Å². The Morgan fingerprint density at radius 3 is 2.43 bits per heavy atom. The van der Waals surface area contributed by atoms with Gasteiger partial charge in [-0.3, -0.25) is 0 Å². The minimum atomic E-state index is -0.481. The number of carbonyl (C=O) groups is 1. The number of alkyl carbamates (subject to hydrolysis) is 1.